The van der Waals surface area contributed by atoms with Gasteiger partial charge in [0.1, 0.15) is 0 Å². The van der Waals surface area contributed by atoms with Gasteiger partial charge in [0.2, 0.25) is 5.91 Å². The summed E-state index contributed by atoms with van der Waals surface area (Å²) in [5.41, 5.74) is 0.0241. The zero-order chi connectivity index (χ0) is 15.6. The van der Waals surface area contributed by atoms with Crippen LogP contribution in [0.4, 0.5) is 0 Å². The van der Waals surface area contributed by atoms with Gasteiger partial charge >= 0.3 is 5.97 Å². The van der Waals surface area contributed by atoms with E-state index in [9.17, 15) is 14.7 Å². The van der Waals surface area contributed by atoms with Crippen molar-refractivity contribution in [2.45, 2.75) is 20.3 Å². The van der Waals surface area contributed by atoms with Crippen molar-refractivity contribution in [3.05, 3.63) is 24.0 Å². The lowest BCUT2D eigenvalue weighted by atomic mass is 9.76. The molecule has 0 aliphatic carbocycles. The minimum Gasteiger partial charge on any atom is -0.481 e. The Labute approximate surface area is 124 Å². The molecule has 0 saturated carbocycles. The van der Waals surface area contributed by atoms with E-state index in [0.29, 0.717) is 13.0 Å². The molecule has 0 spiro atoms. The van der Waals surface area contributed by atoms with Crippen LogP contribution >= 0.6 is 0 Å². The molecule has 1 aromatic rings. The number of amides is 1. The molecule has 0 aromatic carbocycles. The Morgan fingerprint density at radius 3 is 2.67 bits per heavy atom. The Morgan fingerprint density at radius 1 is 1.48 bits per heavy atom. The second kappa shape index (κ2) is 5.71. The Balaban J connectivity index is 2.05. The van der Waals surface area contributed by atoms with Gasteiger partial charge in [-0.25, -0.2) is 0 Å². The van der Waals surface area contributed by atoms with Crippen molar-refractivity contribution in [1.82, 2.24) is 14.7 Å². The van der Waals surface area contributed by atoms with E-state index in [1.54, 1.807) is 21.9 Å². The molecule has 1 unspecified atom stereocenters. The van der Waals surface area contributed by atoms with Crippen LogP contribution in [0.3, 0.4) is 0 Å². The summed E-state index contributed by atoms with van der Waals surface area (Å²) >= 11 is 0. The number of carboxylic acids is 1. The van der Waals surface area contributed by atoms with Crippen LogP contribution in [0.2, 0.25) is 0 Å². The summed E-state index contributed by atoms with van der Waals surface area (Å²) in [6.07, 6.45) is 7.17. The quantitative estimate of drug-likeness (QED) is 0.851. The molecule has 6 heteroatoms. The predicted octanol–water partition coefficient (Wildman–Crippen LogP) is 1.39. The maximum Gasteiger partial charge on any atom is 0.311 e. The maximum atomic E-state index is 12.2. The largest absolute Gasteiger partial charge is 0.481 e. The van der Waals surface area contributed by atoms with Gasteiger partial charge in [0.05, 0.1) is 11.6 Å². The van der Waals surface area contributed by atoms with Crippen molar-refractivity contribution < 1.29 is 14.7 Å². The molecule has 1 aliphatic heterocycles. The first-order valence-corrected chi connectivity index (χ1v) is 7.04. The lowest BCUT2D eigenvalue weighted by molar-refractivity contribution is -0.151. The number of rotatable bonds is 4. The highest BCUT2D eigenvalue weighted by Crippen LogP contribution is 2.38. The first-order chi connectivity index (χ1) is 9.85. The normalized spacial score (nSPS) is 22.4. The summed E-state index contributed by atoms with van der Waals surface area (Å²) in [5.74, 6) is -0.971. The number of nitrogens with zero attached hydrogens (tertiary/aromatic N) is 3. The molecule has 1 aliphatic rings. The third-order valence-electron chi connectivity index (χ3n) is 4.29. The van der Waals surface area contributed by atoms with Crippen molar-refractivity contribution >= 4 is 18.0 Å². The summed E-state index contributed by atoms with van der Waals surface area (Å²) in [4.78, 5) is 25.3. The van der Waals surface area contributed by atoms with Crippen LogP contribution in [0.1, 0.15) is 25.8 Å². The molecular formula is C15H21N3O3. The summed E-state index contributed by atoms with van der Waals surface area (Å²) < 4.78 is 1.66. The van der Waals surface area contributed by atoms with E-state index in [4.69, 9.17) is 0 Å². The molecule has 1 aromatic heterocycles. The van der Waals surface area contributed by atoms with Crippen molar-refractivity contribution in [3.8, 4) is 0 Å². The molecule has 114 valence electrons. The second-order valence-electron chi connectivity index (χ2n) is 5.91. The molecule has 1 atom stereocenters. The fourth-order valence-corrected chi connectivity index (χ4v) is 2.71. The van der Waals surface area contributed by atoms with Gasteiger partial charge in [-0.3, -0.25) is 14.3 Å². The number of aromatic nitrogens is 2. The zero-order valence-electron chi connectivity index (χ0n) is 12.6. The number of likely N-dealkylation sites (tertiary alicyclic amines) is 1. The molecule has 1 saturated heterocycles. The molecule has 0 bridgehead atoms. The number of hydrogen-bond acceptors (Lipinski definition) is 3. The standard InChI is InChI=1S/C15H21N3O3/c1-11(2)15(14(20)21)6-7-18(10-15)13(19)5-4-12-8-16-17(3)9-12/h4-5,8-9,11H,6-7,10H2,1-3H3,(H,20,21)/b5-4+. The van der Waals surface area contributed by atoms with E-state index in [2.05, 4.69) is 5.10 Å². The number of carbonyl (C=O) groups excluding carboxylic acids is 1. The van der Waals surface area contributed by atoms with Gasteiger partial charge in [-0.1, -0.05) is 13.8 Å². The zero-order valence-corrected chi connectivity index (χ0v) is 12.6. The highest BCUT2D eigenvalue weighted by molar-refractivity contribution is 5.92. The molecule has 1 N–H and O–H groups in total. The molecule has 6 nitrogen and oxygen atoms in total. The minimum atomic E-state index is -0.822. The summed E-state index contributed by atoms with van der Waals surface area (Å²) in [6.45, 7) is 4.55. The molecule has 1 fully saturated rings. The molecule has 1 amide bonds. The van der Waals surface area contributed by atoms with E-state index in [1.807, 2.05) is 27.1 Å². The average Bonchev–Trinajstić information content (AvgIpc) is 3.03. The van der Waals surface area contributed by atoms with Crippen LogP contribution < -0.4 is 0 Å². The highest BCUT2D eigenvalue weighted by atomic mass is 16.4. The third kappa shape index (κ3) is 2.99. The first-order valence-electron chi connectivity index (χ1n) is 7.04. The lowest BCUT2D eigenvalue weighted by Gasteiger charge is -2.28. The van der Waals surface area contributed by atoms with E-state index >= 15 is 0 Å². The lowest BCUT2D eigenvalue weighted by Crippen LogP contribution is -2.40. The minimum absolute atomic E-state index is 0.00453. The Hall–Kier alpha value is -2.11. The molecule has 2 heterocycles. The summed E-state index contributed by atoms with van der Waals surface area (Å²) in [7, 11) is 1.81. The van der Waals surface area contributed by atoms with Crippen molar-refractivity contribution in [3.63, 3.8) is 0 Å². The van der Waals surface area contributed by atoms with Gasteiger partial charge in [-0.05, 0) is 18.4 Å². The van der Waals surface area contributed by atoms with E-state index in [0.717, 1.165) is 5.56 Å². The molecular weight excluding hydrogens is 270 g/mol. The predicted molar refractivity (Wildman–Crippen MR) is 78.3 cm³/mol. The van der Waals surface area contributed by atoms with Crippen LogP contribution in [-0.2, 0) is 16.6 Å². The first kappa shape index (κ1) is 15.3. The number of aliphatic carboxylic acids is 1. The topological polar surface area (TPSA) is 75.4 Å². The monoisotopic (exact) mass is 291 g/mol. The van der Waals surface area contributed by atoms with Gasteiger partial charge in [0.15, 0.2) is 0 Å². The Morgan fingerprint density at radius 2 is 2.19 bits per heavy atom. The highest BCUT2D eigenvalue weighted by Gasteiger charge is 2.48. The van der Waals surface area contributed by atoms with Crippen LogP contribution in [0.25, 0.3) is 6.08 Å². The smallest absolute Gasteiger partial charge is 0.311 e. The van der Waals surface area contributed by atoms with Gasteiger partial charge in [-0.2, -0.15) is 5.10 Å². The maximum absolute atomic E-state index is 12.2. The van der Waals surface area contributed by atoms with Crippen LogP contribution in [0.15, 0.2) is 18.5 Å². The van der Waals surface area contributed by atoms with Crippen molar-refractivity contribution in [2.75, 3.05) is 13.1 Å². The van der Waals surface area contributed by atoms with Gasteiger partial charge < -0.3 is 10.0 Å². The van der Waals surface area contributed by atoms with E-state index < -0.39 is 11.4 Å². The van der Waals surface area contributed by atoms with E-state index in [-0.39, 0.29) is 18.4 Å². The van der Waals surface area contributed by atoms with Gasteiger partial charge in [-0.15, -0.1) is 0 Å². The fourth-order valence-electron chi connectivity index (χ4n) is 2.71. The van der Waals surface area contributed by atoms with Crippen LogP contribution in [-0.4, -0.2) is 44.8 Å². The van der Waals surface area contributed by atoms with E-state index in [1.165, 1.54) is 6.08 Å². The second-order valence-corrected chi connectivity index (χ2v) is 5.91. The fraction of sp³-hybridized carbons (Fsp3) is 0.533. The molecule has 0 radical (unpaired) electrons. The Bertz CT molecular complexity index is 576. The molecule has 21 heavy (non-hydrogen) atoms. The summed E-state index contributed by atoms with van der Waals surface area (Å²) in [6, 6.07) is 0. The summed E-state index contributed by atoms with van der Waals surface area (Å²) in [5, 5.41) is 13.5. The van der Waals surface area contributed by atoms with Gasteiger partial charge in [0.25, 0.3) is 0 Å². The SMILES string of the molecule is CC(C)C1(C(=O)O)CCN(C(=O)/C=C/c2cnn(C)c2)C1. The average molecular weight is 291 g/mol. The molecule has 2 rings (SSSR count). The van der Waals surface area contributed by atoms with Crippen molar-refractivity contribution in [2.24, 2.45) is 18.4 Å². The number of carboxylic acid groups (broad SMARTS) is 1. The number of aryl methyl sites for hydroxylation is 1. The Kier molecular flexibility index (Phi) is 4.16. The number of hydrogen-bond donors (Lipinski definition) is 1. The van der Waals surface area contributed by atoms with Crippen LogP contribution in [0.5, 0.6) is 0 Å². The number of carbonyl (C=O) groups is 2. The third-order valence-corrected chi connectivity index (χ3v) is 4.29. The van der Waals surface area contributed by atoms with Crippen molar-refractivity contribution in [1.29, 1.82) is 0 Å². The van der Waals surface area contributed by atoms with Crippen LogP contribution in [0, 0.1) is 11.3 Å². The van der Waals surface area contributed by atoms with Gasteiger partial charge in [0, 0.05) is 38.0 Å².